The van der Waals surface area contributed by atoms with Crippen LogP contribution in [0.15, 0.2) is 47.3 Å². The van der Waals surface area contributed by atoms with E-state index in [0.29, 0.717) is 0 Å². The van der Waals surface area contributed by atoms with Crippen molar-refractivity contribution in [1.29, 1.82) is 0 Å². The van der Waals surface area contributed by atoms with Crippen LogP contribution in [0.1, 0.15) is 70.4 Å². The molecule has 0 saturated carbocycles. The van der Waals surface area contributed by atoms with E-state index in [9.17, 15) is 0 Å². The Hall–Kier alpha value is -1.77. The summed E-state index contributed by atoms with van der Waals surface area (Å²) in [6.45, 7) is 2.27. The maximum atomic E-state index is 5.50. The highest BCUT2D eigenvalue weighted by Gasteiger charge is 2.21. The lowest BCUT2D eigenvalue weighted by molar-refractivity contribution is 0.265. The van der Waals surface area contributed by atoms with Gasteiger partial charge in [-0.2, -0.15) is 0 Å². The summed E-state index contributed by atoms with van der Waals surface area (Å²) in [7, 11) is 1.74. The molecule has 3 nitrogen and oxygen atoms in total. The van der Waals surface area contributed by atoms with E-state index >= 15 is 0 Å². The Morgan fingerprint density at radius 1 is 1.12 bits per heavy atom. The minimum absolute atomic E-state index is 0.159. The van der Waals surface area contributed by atoms with Gasteiger partial charge in [-0.15, -0.1) is 0 Å². The van der Waals surface area contributed by atoms with Crippen molar-refractivity contribution in [3.05, 3.63) is 48.0 Å². The van der Waals surface area contributed by atoms with Gasteiger partial charge < -0.3 is 9.72 Å². The van der Waals surface area contributed by atoms with Crippen molar-refractivity contribution in [2.45, 2.75) is 70.8 Å². The zero-order valence-electron chi connectivity index (χ0n) is 15.3. The van der Waals surface area contributed by atoms with E-state index < -0.39 is 0 Å². The number of unbranched alkanes of at least 4 members (excludes halogenated alkanes) is 6. The van der Waals surface area contributed by atoms with E-state index in [2.05, 4.69) is 30.1 Å². The van der Waals surface area contributed by atoms with Crippen LogP contribution in [-0.2, 0) is 4.74 Å². The molecule has 1 aromatic heterocycles. The fraction of sp³-hybridized carbons (Fsp3) is 0.571. The summed E-state index contributed by atoms with van der Waals surface area (Å²) in [5.41, 5.74) is 2.06. The molecule has 24 heavy (non-hydrogen) atoms. The van der Waals surface area contributed by atoms with E-state index in [1.54, 1.807) is 7.11 Å². The number of allylic oxidation sites excluding steroid dienone is 3. The molecule has 1 atom stereocenters. The number of hydrogen-bond acceptors (Lipinski definition) is 2. The third-order valence-corrected chi connectivity index (χ3v) is 4.51. The predicted molar refractivity (Wildman–Crippen MR) is 103 cm³/mol. The summed E-state index contributed by atoms with van der Waals surface area (Å²) in [6, 6.07) is 4.20. The fourth-order valence-electron chi connectivity index (χ4n) is 3.07. The molecule has 0 bridgehead atoms. The molecular formula is C21H32N2O. The van der Waals surface area contributed by atoms with Crippen molar-refractivity contribution in [3.63, 3.8) is 0 Å². The Morgan fingerprint density at radius 2 is 1.92 bits per heavy atom. The third kappa shape index (κ3) is 6.03. The first-order valence-corrected chi connectivity index (χ1v) is 9.47. The smallest absolute Gasteiger partial charge is 0.122 e. The van der Waals surface area contributed by atoms with Gasteiger partial charge in [0.25, 0.3) is 0 Å². The number of nitrogens with one attached hydrogen (secondary N) is 1. The summed E-state index contributed by atoms with van der Waals surface area (Å²) in [6.07, 6.45) is 20.1. The molecule has 1 unspecified atom stereocenters. The number of aromatic nitrogens is 1. The molecule has 2 heterocycles. The first kappa shape index (κ1) is 18.6. The van der Waals surface area contributed by atoms with E-state index in [1.807, 2.05) is 18.3 Å². The van der Waals surface area contributed by atoms with Crippen LogP contribution in [0.25, 0.3) is 0 Å². The summed E-state index contributed by atoms with van der Waals surface area (Å²) in [5, 5.41) is 0. The second-order valence-corrected chi connectivity index (χ2v) is 6.47. The lowest BCUT2D eigenvalue weighted by atomic mass is 10.1. The van der Waals surface area contributed by atoms with Gasteiger partial charge in [-0.3, -0.25) is 4.99 Å². The third-order valence-electron chi connectivity index (χ3n) is 4.51. The van der Waals surface area contributed by atoms with E-state index in [4.69, 9.17) is 9.73 Å². The van der Waals surface area contributed by atoms with Crippen molar-refractivity contribution in [2.75, 3.05) is 7.11 Å². The van der Waals surface area contributed by atoms with Crippen molar-refractivity contribution in [2.24, 2.45) is 4.99 Å². The van der Waals surface area contributed by atoms with Crippen LogP contribution in [0, 0.1) is 0 Å². The summed E-state index contributed by atoms with van der Waals surface area (Å²) < 4.78 is 5.50. The predicted octanol–water partition coefficient (Wildman–Crippen LogP) is 5.80. The number of methoxy groups -OCH3 is 1. The maximum Gasteiger partial charge on any atom is 0.122 e. The Bertz CT molecular complexity index is 540. The first-order valence-electron chi connectivity index (χ1n) is 9.47. The second kappa shape index (κ2) is 10.9. The number of aromatic amines is 1. The fourth-order valence-corrected chi connectivity index (χ4v) is 3.07. The first-order chi connectivity index (χ1) is 11.8. The van der Waals surface area contributed by atoms with Gasteiger partial charge in [-0.25, -0.2) is 0 Å². The molecule has 2 rings (SSSR count). The molecule has 0 amide bonds. The Labute approximate surface area is 146 Å². The Kier molecular flexibility index (Phi) is 8.43. The molecule has 0 fully saturated rings. The maximum absolute atomic E-state index is 5.50. The number of aliphatic imine (C=N–C) groups is 1. The molecule has 1 aliphatic heterocycles. The number of nitrogens with zero attached hydrogens (tertiary/aromatic N) is 1. The van der Waals surface area contributed by atoms with Gasteiger partial charge >= 0.3 is 0 Å². The second-order valence-electron chi connectivity index (χ2n) is 6.47. The highest BCUT2D eigenvalue weighted by molar-refractivity contribution is 6.09. The van der Waals surface area contributed by atoms with Gasteiger partial charge in [-0.1, -0.05) is 51.2 Å². The molecule has 1 aromatic rings. The molecule has 0 aliphatic carbocycles. The topological polar surface area (TPSA) is 37.4 Å². The van der Waals surface area contributed by atoms with Gasteiger partial charge in [0.05, 0.1) is 18.5 Å². The van der Waals surface area contributed by atoms with Crippen LogP contribution in [0.5, 0.6) is 0 Å². The molecule has 0 spiro atoms. The molecule has 1 aliphatic rings. The van der Waals surface area contributed by atoms with Crippen LogP contribution in [-0.4, -0.2) is 23.8 Å². The minimum atomic E-state index is 0.159. The van der Waals surface area contributed by atoms with Crippen LogP contribution >= 0.6 is 0 Å². The molecule has 1 N–H and O–H groups in total. The quantitative estimate of drug-likeness (QED) is 0.382. The van der Waals surface area contributed by atoms with Crippen molar-refractivity contribution < 1.29 is 4.74 Å². The molecule has 0 aromatic carbocycles. The van der Waals surface area contributed by atoms with Crippen molar-refractivity contribution in [3.8, 4) is 0 Å². The summed E-state index contributed by atoms with van der Waals surface area (Å²) >= 11 is 0. The van der Waals surface area contributed by atoms with Crippen molar-refractivity contribution >= 4 is 5.71 Å². The number of H-pyrrole nitrogens is 1. The average molecular weight is 329 g/mol. The highest BCUT2D eigenvalue weighted by atomic mass is 16.5. The normalized spacial score (nSPS) is 17.3. The van der Waals surface area contributed by atoms with Gasteiger partial charge in [0.1, 0.15) is 11.8 Å². The SMILES string of the molecule is CCCCCCCC/C=C\CCC1N=C(c2ccc[nH]2)C=C1OC. The highest BCUT2D eigenvalue weighted by Crippen LogP contribution is 2.22. The van der Waals surface area contributed by atoms with Crippen LogP contribution in [0.2, 0.25) is 0 Å². The lowest BCUT2D eigenvalue weighted by Crippen LogP contribution is -2.06. The van der Waals surface area contributed by atoms with Gasteiger partial charge in [0.15, 0.2) is 0 Å². The zero-order valence-corrected chi connectivity index (χ0v) is 15.3. The van der Waals surface area contributed by atoms with Crippen molar-refractivity contribution in [1.82, 2.24) is 4.98 Å². The van der Waals surface area contributed by atoms with E-state index in [1.165, 1.54) is 44.9 Å². The molecular weight excluding hydrogens is 296 g/mol. The monoisotopic (exact) mass is 328 g/mol. The summed E-state index contributed by atoms with van der Waals surface area (Å²) in [5.74, 6) is 0.976. The zero-order chi connectivity index (χ0) is 17.0. The number of rotatable bonds is 12. The van der Waals surface area contributed by atoms with Gasteiger partial charge in [0, 0.05) is 12.3 Å². The molecule has 132 valence electrons. The number of ether oxygens (including phenoxy) is 1. The van der Waals surface area contributed by atoms with E-state index in [-0.39, 0.29) is 6.04 Å². The molecule has 0 saturated heterocycles. The Balaban J connectivity index is 1.65. The largest absolute Gasteiger partial charge is 0.499 e. The van der Waals surface area contributed by atoms with Crippen LogP contribution in [0.4, 0.5) is 0 Å². The minimum Gasteiger partial charge on any atom is -0.499 e. The average Bonchev–Trinajstić information content (AvgIpc) is 3.25. The van der Waals surface area contributed by atoms with E-state index in [0.717, 1.165) is 30.0 Å². The van der Waals surface area contributed by atoms with Gasteiger partial charge in [0.2, 0.25) is 0 Å². The Morgan fingerprint density at radius 3 is 2.67 bits per heavy atom. The molecule has 0 radical (unpaired) electrons. The standard InChI is InChI=1S/C21H32N2O/c1-3-4-5-6-7-8-9-10-11-12-14-19-21(24-2)17-20(23-19)18-15-13-16-22-18/h10-11,13,15-17,19,22H,3-9,12,14H2,1-2H3/b11-10-. The summed E-state index contributed by atoms with van der Waals surface area (Å²) in [4.78, 5) is 8.00. The van der Waals surface area contributed by atoms with Crippen LogP contribution < -0.4 is 0 Å². The lowest BCUT2D eigenvalue weighted by Gasteiger charge is -2.09. The van der Waals surface area contributed by atoms with Crippen LogP contribution in [0.3, 0.4) is 0 Å². The molecule has 3 heteroatoms. The van der Waals surface area contributed by atoms with Gasteiger partial charge in [-0.05, 0) is 37.8 Å². The number of hydrogen-bond donors (Lipinski definition) is 1.